The first-order valence-electron chi connectivity index (χ1n) is 7.08. The van der Waals surface area contributed by atoms with Gasteiger partial charge in [-0.25, -0.2) is 8.78 Å². The van der Waals surface area contributed by atoms with E-state index in [-0.39, 0.29) is 11.0 Å². The van der Waals surface area contributed by atoms with Gasteiger partial charge in [-0.05, 0) is 31.2 Å². The zero-order chi connectivity index (χ0) is 14.0. The lowest BCUT2D eigenvalue weighted by Gasteiger charge is -2.36. The first-order chi connectivity index (χ1) is 8.94. The second-order valence-electron chi connectivity index (χ2n) is 6.24. The van der Waals surface area contributed by atoms with Gasteiger partial charge in [0.05, 0.1) is 6.10 Å². The first-order valence-corrected chi connectivity index (χ1v) is 7.08. The maximum absolute atomic E-state index is 13.9. The van der Waals surface area contributed by atoms with E-state index < -0.39 is 17.7 Å². The normalized spacial score (nSPS) is 19.9. The highest BCUT2D eigenvalue weighted by molar-refractivity contribution is 5.23. The third kappa shape index (κ3) is 2.97. The summed E-state index contributed by atoms with van der Waals surface area (Å²) in [5.41, 5.74) is -0.00345. The van der Waals surface area contributed by atoms with Gasteiger partial charge in [-0.1, -0.05) is 32.8 Å². The van der Waals surface area contributed by atoms with Crippen LogP contribution in [0, 0.1) is 23.0 Å². The minimum atomic E-state index is -0.835. The minimum Gasteiger partial charge on any atom is -0.388 e. The Morgan fingerprint density at radius 1 is 1.21 bits per heavy atom. The second kappa shape index (κ2) is 5.58. The molecule has 1 atom stereocenters. The van der Waals surface area contributed by atoms with Crippen LogP contribution in [0.5, 0.6) is 0 Å². The topological polar surface area (TPSA) is 20.2 Å². The van der Waals surface area contributed by atoms with Gasteiger partial charge in [-0.15, -0.1) is 0 Å². The quantitative estimate of drug-likeness (QED) is 0.845. The molecule has 0 aromatic heterocycles. The standard InChI is InChI=1S/C16H22F2O/c1-11(2)10-16(7-3-4-8-16)15(19)13-6-5-12(17)9-14(13)18/h5-6,9,11,15,19H,3-4,7-8,10H2,1-2H3. The molecule has 0 spiro atoms. The monoisotopic (exact) mass is 268 g/mol. The SMILES string of the molecule is CC(C)CC1(C(O)c2ccc(F)cc2F)CCCC1. The molecule has 0 saturated heterocycles. The highest BCUT2D eigenvalue weighted by Gasteiger charge is 2.42. The maximum Gasteiger partial charge on any atom is 0.131 e. The van der Waals surface area contributed by atoms with E-state index in [4.69, 9.17) is 0 Å². The molecular weight excluding hydrogens is 246 g/mol. The van der Waals surface area contributed by atoms with Crippen LogP contribution in [0.1, 0.15) is 57.6 Å². The number of benzene rings is 1. The summed E-state index contributed by atoms with van der Waals surface area (Å²) in [6.45, 7) is 4.24. The third-order valence-corrected chi connectivity index (χ3v) is 4.25. The van der Waals surface area contributed by atoms with Crippen molar-refractivity contribution in [3.8, 4) is 0 Å². The van der Waals surface area contributed by atoms with E-state index in [1.165, 1.54) is 12.1 Å². The predicted molar refractivity (Wildman–Crippen MR) is 71.7 cm³/mol. The molecule has 0 heterocycles. The van der Waals surface area contributed by atoms with Gasteiger partial charge >= 0.3 is 0 Å². The molecule has 0 aliphatic heterocycles. The van der Waals surface area contributed by atoms with Crippen molar-refractivity contribution < 1.29 is 13.9 Å². The summed E-state index contributed by atoms with van der Waals surface area (Å²) in [5.74, 6) is -0.781. The Labute approximate surface area is 113 Å². The fourth-order valence-electron chi connectivity index (χ4n) is 3.53. The van der Waals surface area contributed by atoms with Crippen molar-refractivity contribution in [3.05, 3.63) is 35.4 Å². The van der Waals surface area contributed by atoms with Crippen LogP contribution in [0.25, 0.3) is 0 Å². The molecule has 106 valence electrons. The molecule has 1 aromatic rings. The summed E-state index contributed by atoms with van der Waals surface area (Å²) >= 11 is 0. The molecule has 1 N–H and O–H groups in total. The van der Waals surface area contributed by atoms with Crippen LogP contribution in [0.15, 0.2) is 18.2 Å². The maximum atomic E-state index is 13.9. The number of aliphatic hydroxyl groups excluding tert-OH is 1. The minimum absolute atomic E-state index is 0.240. The molecule has 1 fully saturated rings. The average molecular weight is 268 g/mol. The van der Waals surface area contributed by atoms with Crippen LogP contribution in [-0.4, -0.2) is 5.11 Å². The summed E-state index contributed by atoms with van der Waals surface area (Å²) in [6.07, 6.45) is 4.04. The van der Waals surface area contributed by atoms with E-state index in [1.807, 2.05) is 0 Å². The van der Waals surface area contributed by atoms with E-state index in [0.717, 1.165) is 38.2 Å². The van der Waals surface area contributed by atoms with Crippen LogP contribution in [0.4, 0.5) is 8.78 Å². The van der Waals surface area contributed by atoms with Gasteiger partial charge in [-0.3, -0.25) is 0 Å². The van der Waals surface area contributed by atoms with Crippen LogP contribution < -0.4 is 0 Å². The molecule has 3 heteroatoms. The predicted octanol–water partition coefficient (Wildman–Crippen LogP) is 4.60. The highest BCUT2D eigenvalue weighted by atomic mass is 19.1. The van der Waals surface area contributed by atoms with E-state index >= 15 is 0 Å². The molecule has 2 rings (SSSR count). The number of hydrogen-bond donors (Lipinski definition) is 1. The third-order valence-electron chi connectivity index (χ3n) is 4.25. The summed E-state index contributed by atoms with van der Waals surface area (Å²) < 4.78 is 26.8. The van der Waals surface area contributed by atoms with Gasteiger partial charge in [0.1, 0.15) is 11.6 Å². The molecule has 1 saturated carbocycles. The molecule has 1 unspecified atom stereocenters. The lowest BCUT2D eigenvalue weighted by Crippen LogP contribution is -2.28. The summed E-state index contributed by atoms with van der Waals surface area (Å²) in [6, 6.07) is 3.46. The van der Waals surface area contributed by atoms with Gasteiger partial charge in [0.25, 0.3) is 0 Å². The van der Waals surface area contributed by atoms with Crippen molar-refractivity contribution in [2.45, 2.75) is 52.1 Å². The average Bonchev–Trinajstić information content (AvgIpc) is 2.77. The van der Waals surface area contributed by atoms with Crippen molar-refractivity contribution in [2.24, 2.45) is 11.3 Å². The Hall–Kier alpha value is -0.960. The summed E-state index contributed by atoms with van der Waals surface area (Å²) in [5, 5.41) is 10.6. The zero-order valence-corrected chi connectivity index (χ0v) is 11.6. The van der Waals surface area contributed by atoms with Crippen LogP contribution in [0.2, 0.25) is 0 Å². The Morgan fingerprint density at radius 2 is 1.84 bits per heavy atom. The van der Waals surface area contributed by atoms with Gasteiger partial charge in [0, 0.05) is 17.0 Å². The number of rotatable bonds is 4. The smallest absolute Gasteiger partial charge is 0.131 e. The van der Waals surface area contributed by atoms with Crippen molar-refractivity contribution in [1.29, 1.82) is 0 Å². The molecule has 0 radical (unpaired) electrons. The molecule has 1 aliphatic carbocycles. The van der Waals surface area contributed by atoms with Crippen molar-refractivity contribution in [1.82, 2.24) is 0 Å². The van der Waals surface area contributed by atoms with E-state index in [0.29, 0.717) is 5.92 Å². The molecule has 1 aliphatic rings. The summed E-state index contributed by atoms with van der Waals surface area (Å²) in [7, 11) is 0. The Balaban J connectivity index is 2.31. The number of hydrogen-bond acceptors (Lipinski definition) is 1. The van der Waals surface area contributed by atoms with Gasteiger partial charge < -0.3 is 5.11 Å². The lowest BCUT2D eigenvalue weighted by atomic mass is 9.72. The molecular formula is C16H22F2O. The largest absolute Gasteiger partial charge is 0.388 e. The van der Waals surface area contributed by atoms with E-state index in [9.17, 15) is 13.9 Å². The molecule has 0 bridgehead atoms. The Morgan fingerprint density at radius 3 is 2.37 bits per heavy atom. The van der Waals surface area contributed by atoms with Gasteiger partial charge in [0.15, 0.2) is 0 Å². The molecule has 19 heavy (non-hydrogen) atoms. The molecule has 0 amide bonds. The first kappa shape index (κ1) is 14.4. The van der Waals surface area contributed by atoms with Crippen LogP contribution in [-0.2, 0) is 0 Å². The van der Waals surface area contributed by atoms with Crippen molar-refractivity contribution >= 4 is 0 Å². The van der Waals surface area contributed by atoms with E-state index in [2.05, 4.69) is 13.8 Å². The Bertz CT molecular complexity index is 436. The lowest BCUT2D eigenvalue weighted by molar-refractivity contribution is 0.00870. The molecule has 1 nitrogen and oxygen atoms in total. The summed E-state index contributed by atoms with van der Waals surface area (Å²) in [4.78, 5) is 0. The number of aliphatic hydroxyl groups is 1. The van der Waals surface area contributed by atoms with Crippen molar-refractivity contribution in [3.63, 3.8) is 0 Å². The highest BCUT2D eigenvalue weighted by Crippen LogP contribution is 2.51. The fraction of sp³-hybridized carbons (Fsp3) is 0.625. The second-order valence-corrected chi connectivity index (χ2v) is 6.24. The Kier molecular flexibility index (Phi) is 4.24. The van der Waals surface area contributed by atoms with Crippen LogP contribution >= 0.6 is 0 Å². The van der Waals surface area contributed by atoms with Crippen LogP contribution in [0.3, 0.4) is 0 Å². The van der Waals surface area contributed by atoms with E-state index in [1.54, 1.807) is 0 Å². The van der Waals surface area contributed by atoms with Gasteiger partial charge in [0.2, 0.25) is 0 Å². The van der Waals surface area contributed by atoms with Crippen molar-refractivity contribution in [2.75, 3.05) is 0 Å². The number of halogens is 2. The van der Waals surface area contributed by atoms with Gasteiger partial charge in [-0.2, -0.15) is 0 Å². The zero-order valence-electron chi connectivity index (χ0n) is 11.6. The molecule has 1 aromatic carbocycles. The fourth-order valence-corrected chi connectivity index (χ4v) is 3.53.